The van der Waals surface area contributed by atoms with E-state index in [2.05, 4.69) is 33.1 Å². The number of nitrogens with one attached hydrogen (secondary N) is 1. The van der Waals surface area contributed by atoms with E-state index < -0.39 is 0 Å². The summed E-state index contributed by atoms with van der Waals surface area (Å²) in [6, 6.07) is 0. The third kappa shape index (κ3) is 0.856. The van der Waals surface area contributed by atoms with Gasteiger partial charge in [0.2, 0.25) is 0 Å². The maximum absolute atomic E-state index is 5.50. The van der Waals surface area contributed by atoms with E-state index in [1.54, 1.807) is 0 Å². The van der Waals surface area contributed by atoms with Crippen molar-refractivity contribution in [2.75, 3.05) is 0 Å². The smallest absolute Gasteiger partial charge is 0.184 e. The molecular formula is C12H14IN3S. The monoisotopic (exact) mass is 359 g/mol. The molecule has 0 saturated heterocycles. The molecule has 9 atom stereocenters. The van der Waals surface area contributed by atoms with E-state index in [0.29, 0.717) is 5.11 Å². The molecule has 0 aromatic rings. The zero-order valence-electron chi connectivity index (χ0n) is 9.21. The van der Waals surface area contributed by atoms with Crippen molar-refractivity contribution in [2.24, 2.45) is 58.2 Å². The fourth-order valence-electron chi connectivity index (χ4n) is 6.49. The summed E-state index contributed by atoms with van der Waals surface area (Å²) in [5.74, 6) is 7.46. The Morgan fingerprint density at radius 3 is 2.71 bits per heavy atom. The predicted octanol–water partition coefficient (Wildman–Crippen LogP) is 1.37. The van der Waals surface area contributed by atoms with E-state index in [-0.39, 0.29) is 0 Å². The third-order valence-corrected chi connectivity index (χ3v) is 8.09. The average molecular weight is 359 g/mol. The molecule has 0 spiro atoms. The summed E-state index contributed by atoms with van der Waals surface area (Å²) in [7, 11) is 0. The number of thiocarbonyl (C=S) groups is 1. The van der Waals surface area contributed by atoms with Gasteiger partial charge in [-0.1, -0.05) is 22.6 Å². The molecule has 3 N–H and O–H groups in total. The molecule has 6 saturated carbocycles. The fourth-order valence-corrected chi connectivity index (χ4v) is 8.48. The van der Waals surface area contributed by atoms with Crippen LogP contribution in [0.25, 0.3) is 0 Å². The normalized spacial score (nSPS) is 65.7. The quantitative estimate of drug-likeness (QED) is 0.322. The number of halogens is 1. The highest BCUT2D eigenvalue weighted by Gasteiger charge is 2.82. The Labute approximate surface area is 119 Å². The minimum absolute atomic E-state index is 0.307. The third-order valence-electron chi connectivity index (χ3n) is 6.34. The summed E-state index contributed by atoms with van der Waals surface area (Å²) in [5, 5.41) is 4.88. The van der Waals surface area contributed by atoms with Gasteiger partial charge < -0.3 is 5.73 Å². The number of nitrogens with zero attached hydrogens (tertiary/aromatic N) is 1. The van der Waals surface area contributed by atoms with Crippen LogP contribution in [0.1, 0.15) is 6.42 Å². The Morgan fingerprint density at radius 2 is 2.00 bits per heavy atom. The molecule has 6 fully saturated rings. The van der Waals surface area contributed by atoms with Crippen molar-refractivity contribution in [2.45, 2.75) is 10.3 Å². The van der Waals surface area contributed by atoms with Gasteiger partial charge in [-0.25, -0.2) is 0 Å². The van der Waals surface area contributed by atoms with E-state index in [9.17, 15) is 0 Å². The SMILES string of the molecule is NC(=S)N/N=C1/C2C3C(I)C4C5CC(C1C53)C24. The lowest BCUT2D eigenvalue weighted by molar-refractivity contribution is 0.132. The molecule has 0 amide bonds. The second-order valence-corrected chi connectivity index (χ2v) is 8.26. The molecule has 6 rings (SSSR count). The lowest BCUT2D eigenvalue weighted by Gasteiger charge is -2.32. The van der Waals surface area contributed by atoms with Crippen LogP contribution in [0.5, 0.6) is 0 Å². The van der Waals surface area contributed by atoms with Gasteiger partial charge in [0.15, 0.2) is 5.11 Å². The molecule has 6 bridgehead atoms. The first-order valence-corrected chi connectivity index (χ1v) is 8.12. The largest absolute Gasteiger partial charge is 0.375 e. The number of rotatable bonds is 1. The van der Waals surface area contributed by atoms with Crippen LogP contribution in [0.15, 0.2) is 5.10 Å². The molecule has 0 radical (unpaired) electrons. The molecule has 0 aromatic heterocycles. The Kier molecular flexibility index (Phi) is 1.65. The van der Waals surface area contributed by atoms with E-state index in [1.165, 1.54) is 12.1 Å². The molecule has 17 heavy (non-hydrogen) atoms. The van der Waals surface area contributed by atoms with Gasteiger partial charge in [-0.05, 0) is 54.1 Å². The van der Waals surface area contributed by atoms with Gasteiger partial charge in [-0.3, -0.25) is 5.43 Å². The van der Waals surface area contributed by atoms with Gasteiger partial charge in [0.1, 0.15) is 0 Å². The van der Waals surface area contributed by atoms with Crippen molar-refractivity contribution in [1.82, 2.24) is 5.43 Å². The van der Waals surface area contributed by atoms with Crippen LogP contribution in [0.4, 0.5) is 0 Å². The van der Waals surface area contributed by atoms with Crippen LogP contribution in [0, 0.1) is 47.3 Å². The molecule has 5 heteroatoms. The second-order valence-electron chi connectivity index (χ2n) is 6.38. The molecule has 6 aliphatic rings. The zero-order chi connectivity index (χ0) is 11.5. The average Bonchev–Trinajstić information content (AvgIpc) is 2.97. The van der Waals surface area contributed by atoms with Crippen LogP contribution < -0.4 is 11.2 Å². The first-order valence-electron chi connectivity index (χ1n) is 6.47. The highest BCUT2D eigenvalue weighted by Crippen LogP contribution is 2.82. The Morgan fingerprint density at radius 1 is 1.24 bits per heavy atom. The number of hydrogen-bond acceptors (Lipinski definition) is 2. The molecule has 0 aromatic carbocycles. The van der Waals surface area contributed by atoms with Crippen LogP contribution in [0.2, 0.25) is 0 Å². The van der Waals surface area contributed by atoms with Gasteiger partial charge in [0, 0.05) is 21.5 Å². The summed E-state index contributed by atoms with van der Waals surface area (Å²) >= 11 is 7.59. The minimum atomic E-state index is 0.307. The number of nitrogens with two attached hydrogens (primary N) is 1. The number of alkyl halides is 1. The van der Waals surface area contributed by atoms with Gasteiger partial charge in [-0.15, -0.1) is 0 Å². The van der Waals surface area contributed by atoms with Crippen molar-refractivity contribution < 1.29 is 0 Å². The Bertz CT molecular complexity index is 476. The molecule has 3 nitrogen and oxygen atoms in total. The van der Waals surface area contributed by atoms with Crippen molar-refractivity contribution in [3.63, 3.8) is 0 Å². The molecule has 0 aliphatic heterocycles. The first-order chi connectivity index (χ1) is 8.20. The highest BCUT2D eigenvalue weighted by atomic mass is 127. The maximum atomic E-state index is 5.50. The minimum Gasteiger partial charge on any atom is -0.375 e. The second kappa shape index (κ2) is 2.81. The molecule has 90 valence electrons. The van der Waals surface area contributed by atoms with Crippen molar-refractivity contribution in [1.29, 1.82) is 0 Å². The summed E-state index contributed by atoms with van der Waals surface area (Å²) in [6.07, 6.45) is 1.49. The van der Waals surface area contributed by atoms with Crippen molar-refractivity contribution >= 4 is 45.6 Å². The van der Waals surface area contributed by atoms with Crippen molar-refractivity contribution in [3.05, 3.63) is 0 Å². The van der Waals surface area contributed by atoms with E-state index in [0.717, 1.165) is 51.3 Å². The summed E-state index contributed by atoms with van der Waals surface area (Å²) in [4.78, 5) is 0. The van der Waals surface area contributed by atoms with Crippen LogP contribution in [-0.2, 0) is 0 Å². The molecule has 6 aliphatic carbocycles. The van der Waals surface area contributed by atoms with Gasteiger partial charge in [-0.2, -0.15) is 5.10 Å². The topological polar surface area (TPSA) is 50.4 Å². The highest BCUT2D eigenvalue weighted by molar-refractivity contribution is 14.1. The van der Waals surface area contributed by atoms with Gasteiger partial charge in [0.05, 0.1) is 0 Å². The molecule has 9 unspecified atom stereocenters. The summed E-state index contributed by atoms with van der Waals surface area (Å²) in [5.41, 5.74) is 9.78. The summed E-state index contributed by atoms with van der Waals surface area (Å²) in [6.45, 7) is 0. The predicted molar refractivity (Wildman–Crippen MR) is 77.7 cm³/mol. The molecule has 0 heterocycles. The lowest BCUT2D eigenvalue weighted by atomic mass is 9.71. The fraction of sp³-hybridized carbons (Fsp3) is 0.833. The number of hydrazone groups is 1. The summed E-state index contributed by atoms with van der Waals surface area (Å²) < 4.78 is 0.921. The van der Waals surface area contributed by atoms with E-state index >= 15 is 0 Å². The first kappa shape index (κ1) is 9.95. The zero-order valence-corrected chi connectivity index (χ0v) is 12.2. The lowest BCUT2D eigenvalue weighted by Crippen LogP contribution is -2.30. The molecular weight excluding hydrogens is 345 g/mol. The Hall–Kier alpha value is 0.0900. The van der Waals surface area contributed by atoms with Crippen LogP contribution >= 0.6 is 34.8 Å². The number of hydrogen-bond donors (Lipinski definition) is 2. The van der Waals surface area contributed by atoms with Crippen LogP contribution in [0.3, 0.4) is 0 Å². The van der Waals surface area contributed by atoms with E-state index in [1.807, 2.05) is 0 Å². The standard InChI is InChI=1S/C12H14IN3S/c13-10-6-2-1-3-4(6)9-8(10)5(2)7(3)11(9)15-16-12(14)17/h2-10H,1H2,(H3,14,16,17)/b15-11+. The van der Waals surface area contributed by atoms with Crippen LogP contribution in [-0.4, -0.2) is 14.7 Å². The van der Waals surface area contributed by atoms with Crippen molar-refractivity contribution in [3.8, 4) is 0 Å². The maximum Gasteiger partial charge on any atom is 0.184 e. The van der Waals surface area contributed by atoms with Gasteiger partial charge in [0.25, 0.3) is 0 Å². The van der Waals surface area contributed by atoms with Gasteiger partial charge >= 0.3 is 0 Å². The van der Waals surface area contributed by atoms with E-state index in [4.69, 9.17) is 18.0 Å². The Balaban J connectivity index is 1.62.